The molecule has 5 N–H and O–H groups in total. The lowest BCUT2D eigenvalue weighted by Crippen LogP contribution is -2.29. The summed E-state index contributed by atoms with van der Waals surface area (Å²) in [6, 6.07) is -0.716. The first kappa shape index (κ1) is 20.1. The SMILES string of the molecule is CCCCCC1CCCC1=O.NCCCCC(N)C(=O)O. The molecular weight excluding hydrogens is 268 g/mol. The summed E-state index contributed by atoms with van der Waals surface area (Å²) in [4.78, 5) is 21.3. The molecule has 1 fully saturated rings. The van der Waals surface area contributed by atoms with Gasteiger partial charge in [0.05, 0.1) is 0 Å². The zero-order valence-corrected chi connectivity index (χ0v) is 13.4. The Morgan fingerprint density at radius 3 is 2.52 bits per heavy atom. The van der Waals surface area contributed by atoms with Gasteiger partial charge >= 0.3 is 5.97 Å². The minimum Gasteiger partial charge on any atom is -0.480 e. The Morgan fingerprint density at radius 1 is 1.33 bits per heavy atom. The molecule has 0 heterocycles. The number of hydrogen-bond acceptors (Lipinski definition) is 4. The molecular formula is C16H32N2O3. The minimum absolute atomic E-state index is 0.446. The van der Waals surface area contributed by atoms with Gasteiger partial charge in [0.1, 0.15) is 11.8 Å². The normalized spacial score (nSPS) is 19.0. The molecule has 0 aliphatic heterocycles. The van der Waals surface area contributed by atoms with E-state index >= 15 is 0 Å². The average Bonchev–Trinajstić information content (AvgIpc) is 2.85. The fraction of sp³-hybridized carbons (Fsp3) is 0.875. The molecule has 0 aromatic rings. The monoisotopic (exact) mass is 300 g/mol. The smallest absolute Gasteiger partial charge is 0.320 e. The van der Waals surface area contributed by atoms with Gasteiger partial charge in [0.2, 0.25) is 0 Å². The van der Waals surface area contributed by atoms with Crippen molar-refractivity contribution in [3.8, 4) is 0 Å². The number of unbranched alkanes of at least 4 members (excludes halogenated alkanes) is 3. The molecule has 124 valence electrons. The summed E-state index contributed by atoms with van der Waals surface area (Å²) in [6.45, 7) is 2.81. The third kappa shape index (κ3) is 10.4. The fourth-order valence-corrected chi connectivity index (χ4v) is 2.47. The van der Waals surface area contributed by atoms with Crippen LogP contribution in [0.15, 0.2) is 0 Å². The number of hydrogen-bond donors (Lipinski definition) is 3. The Balaban J connectivity index is 0.000000384. The molecule has 0 amide bonds. The molecule has 2 atom stereocenters. The predicted octanol–water partition coefficient (Wildman–Crippen LogP) is 2.46. The minimum atomic E-state index is -0.933. The molecule has 0 spiro atoms. The zero-order chi connectivity index (χ0) is 16.1. The lowest BCUT2D eigenvalue weighted by Gasteiger charge is -2.05. The van der Waals surface area contributed by atoms with Crippen LogP contribution in [-0.2, 0) is 9.59 Å². The van der Waals surface area contributed by atoms with Crippen molar-refractivity contribution >= 4 is 11.8 Å². The number of carbonyl (C=O) groups is 2. The summed E-state index contributed by atoms with van der Waals surface area (Å²) in [6.07, 6.45) is 10.3. The Morgan fingerprint density at radius 2 is 2.05 bits per heavy atom. The molecule has 5 nitrogen and oxygen atoms in total. The van der Waals surface area contributed by atoms with Crippen LogP contribution >= 0.6 is 0 Å². The first-order chi connectivity index (χ1) is 10.0. The maximum absolute atomic E-state index is 11.2. The molecule has 0 aromatic heterocycles. The standard InChI is InChI=1S/C10H18O.C6H14N2O2/c1-2-3-4-6-9-7-5-8-10(9)11;7-4-2-1-3-5(8)6(9)10/h9H,2-8H2,1H3;5H,1-4,7-8H2,(H,9,10). The van der Waals surface area contributed by atoms with E-state index < -0.39 is 12.0 Å². The van der Waals surface area contributed by atoms with Crippen molar-refractivity contribution in [3.05, 3.63) is 0 Å². The second kappa shape index (κ2) is 12.8. The van der Waals surface area contributed by atoms with Crippen LogP contribution in [0.3, 0.4) is 0 Å². The van der Waals surface area contributed by atoms with Gasteiger partial charge in [-0.25, -0.2) is 0 Å². The molecule has 2 unspecified atom stereocenters. The number of nitrogens with two attached hydrogens (primary N) is 2. The van der Waals surface area contributed by atoms with E-state index in [0.717, 1.165) is 32.1 Å². The van der Waals surface area contributed by atoms with E-state index in [1.54, 1.807) is 0 Å². The highest BCUT2D eigenvalue weighted by atomic mass is 16.4. The Bertz CT molecular complexity index is 295. The highest BCUT2D eigenvalue weighted by molar-refractivity contribution is 5.82. The van der Waals surface area contributed by atoms with Gasteiger partial charge in [-0.2, -0.15) is 0 Å². The lowest BCUT2D eigenvalue weighted by molar-refractivity contribution is -0.138. The van der Waals surface area contributed by atoms with E-state index in [0.29, 0.717) is 24.7 Å². The van der Waals surface area contributed by atoms with E-state index in [1.165, 1.54) is 25.7 Å². The number of aliphatic carboxylic acids is 1. The van der Waals surface area contributed by atoms with Gasteiger partial charge in [-0.15, -0.1) is 0 Å². The summed E-state index contributed by atoms with van der Waals surface area (Å²) >= 11 is 0. The molecule has 5 heteroatoms. The molecule has 1 saturated carbocycles. The number of carbonyl (C=O) groups excluding carboxylic acids is 1. The highest BCUT2D eigenvalue weighted by Gasteiger charge is 2.23. The van der Waals surface area contributed by atoms with E-state index in [4.69, 9.17) is 16.6 Å². The van der Waals surface area contributed by atoms with E-state index in [-0.39, 0.29) is 0 Å². The summed E-state index contributed by atoms with van der Waals surface area (Å²) in [5.41, 5.74) is 10.4. The van der Waals surface area contributed by atoms with Gasteiger partial charge in [0.25, 0.3) is 0 Å². The van der Waals surface area contributed by atoms with Gasteiger partial charge < -0.3 is 16.6 Å². The van der Waals surface area contributed by atoms with Crippen LogP contribution in [0.4, 0.5) is 0 Å². The number of ketones is 1. The third-order valence-electron chi connectivity index (χ3n) is 3.87. The van der Waals surface area contributed by atoms with Crippen LogP contribution in [0.2, 0.25) is 0 Å². The van der Waals surface area contributed by atoms with Crippen molar-refractivity contribution in [2.75, 3.05) is 6.54 Å². The van der Waals surface area contributed by atoms with Gasteiger partial charge in [-0.1, -0.05) is 32.6 Å². The maximum Gasteiger partial charge on any atom is 0.320 e. The topological polar surface area (TPSA) is 106 Å². The summed E-state index contributed by atoms with van der Waals surface area (Å²) in [5.74, 6) is 0.0414. The largest absolute Gasteiger partial charge is 0.480 e. The van der Waals surface area contributed by atoms with Gasteiger partial charge in [-0.05, 0) is 38.6 Å². The highest BCUT2D eigenvalue weighted by Crippen LogP contribution is 2.25. The van der Waals surface area contributed by atoms with Crippen LogP contribution in [0.25, 0.3) is 0 Å². The van der Waals surface area contributed by atoms with Crippen molar-refractivity contribution in [1.29, 1.82) is 0 Å². The van der Waals surface area contributed by atoms with Crippen molar-refractivity contribution in [2.45, 2.75) is 77.2 Å². The Kier molecular flexibility index (Phi) is 12.2. The quantitative estimate of drug-likeness (QED) is 0.567. The van der Waals surface area contributed by atoms with Crippen molar-refractivity contribution in [1.82, 2.24) is 0 Å². The molecule has 1 aliphatic carbocycles. The third-order valence-corrected chi connectivity index (χ3v) is 3.87. The van der Waals surface area contributed by atoms with E-state index in [1.807, 2.05) is 0 Å². The number of Topliss-reactive ketones (excluding diaryl/α,β-unsaturated/α-hetero) is 1. The second-order valence-electron chi connectivity index (χ2n) is 5.78. The molecule has 0 aromatic carbocycles. The molecule has 0 bridgehead atoms. The van der Waals surface area contributed by atoms with Crippen LogP contribution in [0.1, 0.15) is 71.1 Å². The molecule has 0 radical (unpaired) electrons. The van der Waals surface area contributed by atoms with Gasteiger partial charge in [-0.3, -0.25) is 9.59 Å². The molecule has 0 saturated heterocycles. The van der Waals surface area contributed by atoms with E-state index in [9.17, 15) is 9.59 Å². The second-order valence-corrected chi connectivity index (χ2v) is 5.78. The van der Waals surface area contributed by atoms with Crippen LogP contribution < -0.4 is 11.5 Å². The van der Waals surface area contributed by atoms with Crippen molar-refractivity contribution in [3.63, 3.8) is 0 Å². The van der Waals surface area contributed by atoms with E-state index in [2.05, 4.69) is 6.92 Å². The molecule has 1 aliphatic rings. The first-order valence-corrected chi connectivity index (χ1v) is 8.24. The first-order valence-electron chi connectivity index (χ1n) is 8.24. The average molecular weight is 300 g/mol. The van der Waals surface area contributed by atoms with Crippen molar-refractivity contribution in [2.24, 2.45) is 17.4 Å². The summed E-state index contributed by atoms with van der Waals surface area (Å²) in [7, 11) is 0. The summed E-state index contributed by atoms with van der Waals surface area (Å²) in [5, 5.41) is 8.33. The molecule has 1 rings (SSSR count). The lowest BCUT2D eigenvalue weighted by atomic mass is 9.99. The predicted molar refractivity (Wildman–Crippen MR) is 85.0 cm³/mol. The number of carboxylic acid groups (broad SMARTS) is 1. The van der Waals surface area contributed by atoms with Gasteiger partial charge in [0.15, 0.2) is 0 Å². The fourth-order valence-electron chi connectivity index (χ4n) is 2.47. The Labute approximate surface area is 128 Å². The van der Waals surface area contributed by atoms with Crippen LogP contribution in [0, 0.1) is 5.92 Å². The summed E-state index contributed by atoms with van der Waals surface area (Å²) < 4.78 is 0. The van der Waals surface area contributed by atoms with Crippen LogP contribution in [-0.4, -0.2) is 29.4 Å². The van der Waals surface area contributed by atoms with Gasteiger partial charge in [0, 0.05) is 12.3 Å². The van der Waals surface area contributed by atoms with Crippen LogP contribution in [0.5, 0.6) is 0 Å². The molecule has 21 heavy (non-hydrogen) atoms. The number of carboxylic acids is 1. The number of rotatable bonds is 9. The maximum atomic E-state index is 11.2. The Hall–Kier alpha value is -0.940. The zero-order valence-electron chi connectivity index (χ0n) is 13.4. The van der Waals surface area contributed by atoms with Crippen molar-refractivity contribution < 1.29 is 14.7 Å².